The fourth-order valence-electron chi connectivity index (χ4n) is 5.33. The van der Waals surface area contributed by atoms with Gasteiger partial charge in [0.15, 0.2) is 0 Å². The van der Waals surface area contributed by atoms with E-state index in [-0.39, 0.29) is 0 Å². The van der Waals surface area contributed by atoms with Crippen LogP contribution in [0, 0.1) is 12.3 Å². The molecule has 6 rings (SSSR count). The van der Waals surface area contributed by atoms with E-state index >= 15 is 0 Å². The molecule has 0 saturated carbocycles. The second-order valence-corrected chi connectivity index (χ2v) is 10.7. The van der Waals surface area contributed by atoms with Gasteiger partial charge in [-0.25, -0.2) is 0 Å². The molecule has 0 aliphatic rings. The number of aryl methyl sites for hydroxylation is 1. The number of hydrogen-bond acceptors (Lipinski definition) is 4. The first-order valence-electron chi connectivity index (χ1n) is 14.6. The summed E-state index contributed by atoms with van der Waals surface area (Å²) in [5.41, 5.74) is 13.8. The number of hydrogen-bond donors (Lipinski definition) is 1. The Balaban J connectivity index is 1.51. The van der Waals surface area contributed by atoms with Crippen molar-refractivity contribution in [3.05, 3.63) is 157 Å². The van der Waals surface area contributed by atoms with Crippen LogP contribution in [0.15, 0.2) is 146 Å². The quantitative estimate of drug-likeness (QED) is 0.147. The van der Waals surface area contributed by atoms with Gasteiger partial charge in [0.2, 0.25) is 0 Å². The Labute approximate surface area is 258 Å². The van der Waals surface area contributed by atoms with Gasteiger partial charge in [0, 0.05) is 41.5 Å². The molecular weight excluding hydrogens is 536 g/mol. The first-order chi connectivity index (χ1) is 21.6. The Bertz CT molecular complexity index is 1920. The van der Waals surface area contributed by atoms with Crippen molar-refractivity contribution in [2.75, 3.05) is 0 Å². The van der Waals surface area contributed by atoms with Crippen molar-refractivity contribution < 1.29 is 0 Å². The minimum atomic E-state index is 0.923. The molecule has 0 aliphatic carbocycles. The van der Waals surface area contributed by atoms with Crippen LogP contribution in [0.2, 0.25) is 0 Å². The Morgan fingerprint density at radius 2 is 0.932 bits per heavy atom. The lowest BCUT2D eigenvalue weighted by Gasteiger charge is -2.14. The van der Waals surface area contributed by atoms with E-state index in [0.29, 0.717) is 0 Å². The standard InChI is InChI=1S/C40H32N4/c1-28-19-31(33-21-30(29(2)11-3-7-15-41)22-35(24-33)38-12-4-8-16-42-38)23-32(20-28)34-25-36(39-13-5-9-17-43-39)27-37(26-34)40-14-6-10-18-44-40/h3-27,41H,1-2H3/b7-3-,29-11+,41-15?. The molecule has 3 aromatic carbocycles. The number of allylic oxidation sites excluding steroid dienone is 4. The molecule has 1 N–H and O–H groups in total. The van der Waals surface area contributed by atoms with Crippen LogP contribution in [0.5, 0.6) is 0 Å². The molecule has 4 heteroatoms. The largest absolute Gasteiger partial charge is 0.309 e. The molecular formula is C40H32N4. The number of benzene rings is 3. The summed E-state index contributed by atoms with van der Waals surface area (Å²) in [6, 6.07) is 38.0. The average Bonchev–Trinajstić information content (AvgIpc) is 3.09. The van der Waals surface area contributed by atoms with Crippen LogP contribution < -0.4 is 0 Å². The minimum absolute atomic E-state index is 0.923. The maximum absolute atomic E-state index is 7.32. The van der Waals surface area contributed by atoms with Gasteiger partial charge in [-0.3, -0.25) is 15.0 Å². The molecule has 212 valence electrons. The normalized spacial score (nSPS) is 11.5. The van der Waals surface area contributed by atoms with Gasteiger partial charge in [0.1, 0.15) is 0 Å². The van der Waals surface area contributed by atoms with Crippen molar-refractivity contribution in [2.45, 2.75) is 13.8 Å². The van der Waals surface area contributed by atoms with Gasteiger partial charge in [0.05, 0.1) is 17.1 Å². The molecule has 6 aromatic rings. The molecule has 3 heterocycles. The fourth-order valence-corrected chi connectivity index (χ4v) is 5.33. The predicted octanol–water partition coefficient (Wildman–Crippen LogP) is 10.1. The third-order valence-corrected chi connectivity index (χ3v) is 7.50. The third kappa shape index (κ3) is 6.50. The summed E-state index contributed by atoms with van der Waals surface area (Å²) in [4.78, 5) is 13.9. The maximum Gasteiger partial charge on any atom is 0.0702 e. The van der Waals surface area contributed by atoms with Crippen LogP contribution in [-0.2, 0) is 0 Å². The zero-order valence-corrected chi connectivity index (χ0v) is 24.8. The fraction of sp³-hybridized carbons (Fsp3) is 0.0500. The molecule has 0 atom stereocenters. The van der Waals surface area contributed by atoms with E-state index in [0.717, 1.165) is 67.2 Å². The number of nitrogens with zero attached hydrogens (tertiary/aromatic N) is 3. The Morgan fingerprint density at radius 3 is 1.41 bits per heavy atom. The van der Waals surface area contributed by atoms with Crippen LogP contribution in [-0.4, -0.2) is 21.2 Å². The van der Waals surface area contributed by atoms with Crippen LogP contribution >= 0.6 is 0 Å². The lowest BCUT2D eigenvalue weighted by atomic mass is 9.91. The van der Waals surface area contributed by atoms with Gasteiger partial charge in [-0.15, -0.1) is 0 Å². The van der Waals surface area contributed by atoms with E-state index in [9.17, 15) is 0 Å². The highest BCUT2D eigenvalue weighted by molar-refractivity contribution is 5.84. The van der Waals surface area contributed by atoms with Crippen molar-refractivity contribution in [3.63, 3.8) is 0 Å². The highest BCUT2D eigenvalue weighted by Gasteiger charge is 2.12. The molecule has 44 heavy (non-hydrogen) atoms. The molecule has 0 radical (unpaired) electrons. The molecule has 0 amide bonds. The Hall–Kier alpha value is -5.74. The highest BCUT2D eigenvalue weighted by Crippen LogP contribution is 2.36. The van der Waals surface area contributed by atoms with Gasteiger partial charge in [-0.2, -0.15) is 0 Å². The van der Waals surface area contributed by atoms with Crippen molar-refractivity contribution in [1.82, 2.24) is 15.0 Å². The predicted molar refractivity (Wildman–Crippen MR) is 183 cm³/mol. The van der Waals surface area contributed by atoms with E-state index in [4.69, 9.17) is 5.41 Å². The summed E-state index contributed by atoms with van der Waals surface area (Å²) in [5.74, 6) is 0. The molecule has 0 fully saturated rings. The first-order valence-corrected chi connectivity index (χ1v) is 14.6. The highest BCUT2D eigenvalue weighted by atomic mass is 14.7. The molecule has 0 spiro atoms. The van der Waals surface area contributed by atoms with Crippen molar-refractivity contribution in [1.29, 1.82) is 5.41 Å². The summed E-state index contributed by atoms with van der Waals surface area (Å²) < 4.78 is 0. The van der Waals surface area contributed by atoms with Crippen LogP contribution in [0.4, 0.5) is 0 Å². The average molecular weight is 569 g/mol. The van der Waals surface area contributed by atoms with Gasteiger partial charge in [-0.05, 0) is 138 Å². The second-order valence-electron chi connectivity index (χ2n) is 10.7. The van der Waals surface area contributed by atoms with E-state index in [2.05, 4.69) is 83.4 Å². The third-order valence-electron chi connectivity index (χ3n) is 7.50. The molecule has 0 aliphatic heterocycles. The summed E-state index contributed by atoms with van der Waals surface area (Å²) >= 11 is 0. The van der Waals surface area contributed by atoms with E-state index in [1.54, 1.807) is 6.08 Å². The second kappa shape index (κ2) is 13.1. The zero-order valence-electron chi connectivity index (χ0n) is 24.8. The minimum Gasteiger partial charge on any atom is -0.309 e. The van der Waals surface area contributed by atoms with Crippen molar-refractivity contribution in [2.24, 2.45) is 0 Å². The Morgan fingerprint density at radius 1 is 0.523 bits per heavy atom. The van der Waals surface area contributed by atoms with Gasteiger partial charge in [-0.1, -0.05) is 42.5 Å². The van der Waals surface area contributed by atoms with E-state index in [1.807, 2.05) is 85.3 Å². The van der Waals surface area contributed by atoms with Gasteiger partial charge in [0.25, 0.3) is 0 Å². The maximum atomic E-state index is 7.32. The summed E-state index contributed by atoms with van der Waals surface area (Å²) in [5, 5.41) is 7.32. The summed E-state index contributed by atoms with van der Waals surface area (Å²) in [7, 11) is 0. The molecule has 4 nitrogen and oxygen atoms in total. The van der Waals surface area contributed by atoms with Crippen molar-refractivity contribution >= 4 is 11.8 Å². The first kappa shape index (κ1) is 28.4. The number of nitrogens with one attached hydrogen (secondary N) is 1. The zero-order chi connectivity index (χ0) is 30.3. The summed E-state index contributed by atoms with van der Waals surface area (Å²) in [6.07, 6.45) is 12.4. The van der Waals surface area contributed by atoms with Crippen LogP contribution in [0.1, 0.15) is 18.1 Å². The Kier molecular flexibility index (Phi) is 8.42. The molecule has 0 bridgehead atoms. The van der Waals surface area contributed by atoms with Gasteiger partial charge >= 0.3 is 0 Å². The van der Waals surface area contributed by atoms with E-state index < -0.39 is 0 Å². The van der Waals surface area contributed by atoms with E-state index in [1.165, 1.54) is 11.8 Å². The van der Waals surface area contributed by atoms with Crippen LogP contribution in [0.25, 0.3) is 61.6 Å². The smallest absolute Gasteiger partial charge is 0.0702 e. The topological polar surface area (TPSA) is 62.5 Å². The number of aromatic nitrogens is 3. The molecule has 0 unspecified atom stereocenters. The lowest BCUT2D eigenvalue weighted by molar-refractivity contribution is 1.31. The number of rotatable bonds is 8. The lowest BCUT2D eigenvalue weighted by Crippen LogP contribution is -1.92. The van der Waals surface area contributed by atoms with Crippen molar-refractivity contribution in [3.8, 4) is 56.0 Å². The molecule has 3 aromatic heterocycles. The summed E-state index contributed by atoms with van der Waals surface area (Å²) in [6.45, 7) is 4.24. The SMILES string of the molecule is C/C(=C\C=C/C=N)c1cc(-c2cc(C)cc(-c3cc(-c4ccccn4)cc(-c4ccccn4)c3)c2)cc(-c2ccccn2)c1. The molecule has 0 saturated heterocycles. The van der Waals surface area contributed by atoms with Gasteiger partial charge < -0.3 is 5.41 Å². The number of pyridine rings is 3. The monoisotopic (exact) mass is 568 g/mol. The van der Waals surface area contributed by atoms with Crippen LogP contribution in [0.3, 0.4) is 0 Å².